The number of likely N-dealkylation sites (tertiary alicyclic amines) is 1. The third-order valence-corrected chi connectivity index (χ3v) is 9.80. The van der Waals surface area contributed by atoms with Crippen LogP contribution >= 0.6 is 0 Å². The number of benzene rings is 1. The molecule has 0 spiro atoms. The Balaban J connectivity index is 1.49. The van der Waals surface area contributed by atoms with Gasteiger partial charge < -0.3 is 33.5 Å². The van der Waals surface area contributed by atoms with Gasteiger partial charge in [0.1, 0.15) is 5.60 Å². The Bertz CT molecular complexity index is 1110. The molecule has 1 aliphatic carbocycles. The molecule has 9 heteroatoms. The van der Waals surface area contributed by atoms with Gasteiger partial charge in [0, 0.05) is 65.4 Å². The minimum absolute atomic E-state index is 0.212. The largest absolute Gasteiger partial charge is 0.493 e. The molecule has 0 aromatic heterocycles. The number of methoxy groups -OCH3 is 2. The van der Waals surface area contributed by atoms with Crippen molar-refractivity contribution in [3.05, 3.63) is 23.8 Å². The van der Waals surface area contributed by atoms with E-state index in [-0.39, 0.29) is 23.8 Å². The van der Waals surface area contributed by atoms with Crippen LogP contribution in [-0.4, -0.2) is 93.7 Å². The van der Waals surface area contributed by atoms with Gasteiger partial charge in [0.2, 0.25) is 5.91 Å². The first kappa shape index (κ1) is 36.3. The van der Waals surface area contributed by atoms with E-state index >= 15 is 0 Å². The van der Waals surface area contributed by atoms with Gasteiger partial charge in [-0.2, -0.15) is 0 Å². The van der Waals surface area contributed by atoms with Crippen LogP contribution in [0.1, 0.15) is 85.1 Å². The Morgan fingerprint density at radius 1 is 1.00 bits per heavy atom. The van der Waals surface area contributed by atoms with Crippen LogP contribution in [0.4, 0.5) is 4.79 Å². The van der Waals surface area contributed by atoms with Crippen LogP contribution in [0.5, 0.6) is 11.5 Å². The lowest BCUT2D eigenvalue weighted by Gasteiger charge is -2.32. The molecule has 1 aromatic rings. The highest BCUT2D eigenvalue weighted by atomic mass is 16.6. The topological polar surface area (TPSA) is 86.8 Å². The number of hydrogen-bond acceptors (Lipinski definition) is 7. The summed E-state index contributed by atoms with van der Waals surface area (Å²) in [5, 5.41) is 0. The van der Waals surface area contributed by atoms with Gasteiger partial charge in [0.05, 0.1) is 13.7 Å². The van der Waals surface area contributed by atoms with Gasteiger partial charge in [0.15, 0.2) is 11.5 Å². The summed E-state index contributed by atoms with van der Waals surface area (Å²) in [5.74, 6) is 3.51. The first-order valence-corrected chi connectivity index (χ1v) is 17.6. The number of carbonyl (C=O) groups excluding carboxylic acids is 2. The van der Waals surface area contributed by atoms with Crippen LogP contribution in [0.25, 0.3) is 0 Å². The fraction of sp³-hybridized carbons (Fsp3) is 0.784. The summed E-state index contributed by atoms with van der Waals surface area (Å²) in [6, 6.07) is 6.59. The van der Waals surface area contributed by atoms with E-state index in [1.54, 1.807) is 14.2 Å². The van der Waals surface area contributed by atoms with E-state index in [2.05, 4.69) is 30.9 Å². The summed E-state index contributed by atoms with van der Waals surface area (Å²) in [6.45, 7) is 15.0. The fourth-order valence-corrected chi connectivity index (χ4v) is 6.93. The lowest BCUT2D eigenvalue weighted by molar-refractivity contribution is -0.134. The minimum atomic E-state index is -0.553. The Morgan fingerprint density at radius 2 is 1.72 bits per heavy atom. The minimum Gasteiger partial charge on any atom is -0.493 e. The Labute approximate surface area is 277 Å². The molecule has 2 saturated heterocycles. The second kappa shape index (κ2) is 17.0. The number of hydrogen-bond donors (Lipinski definition) is 0. The molecule has 2 aliphatic heterocycles. The van der Waals surface area contributed by atoms with Gasteiger partial charge in [-0.3, -0.25) is 4.79 Å². The van der Waals surface area contributed by atoms with E-state index in [1.807, 2.05) is 31.7 Å². The summed E-state index contributed by atoms with van der Waals surface area (Å²) < 4.78 is 28.2. The van der Waals surface area contributed by atoms with Crippen LogP contribution in [0.15, 0.2) is 18.2 Å². The average molecular weight is 645 g/mol. The number of ether oxygens (including phenoxy) is 5. The molecule has 46 heavy (non-hydrogen) atoms. The van der Waals surface area contributed by atoms with Gasteiger partial charge in [0.25, 0.3) is 0 Å². The van der Waals surface area contributed by atoms with Crippen LogP contribution in [0.2, 0.25) is 0 Å². The first-order chi connectivity index (χ1) is 22.0. The van der Waals surface area contributed by atoms with Crippen molar-refractivity contribution in [3.63, 3.8) is 0 Å². The summed E-state index contributed by atoms with van der Waals surface area (Å²) >= 11 is 0. The van der Waals surface area contributed by atoms with E-state index in [0.717, 1.165) is 69.7 Å². The van der Waals surface area contributed by atoms with Crippen molar-refractivity contribution in [1.82, 2.24) is 9.80 Å². The number of carbonyl (C=O) groups is 2. The molecular weight excluding hydrogens is 584 g/mol. The second-order valence-electron chi connectivity index (χ2n) is 15.1. The van der Waals surface area contributed by atoms with E-state index in [1.165, 1.54) is 5.56 Å². The highest BCUT2D eigenvalue weighted by Gasteiger charge is 2.42. The van der Waals surface area contributed by atoms with Crippen molar-refractivity contribution in [2.45, 2.75) is 97.6 Å². The predicted molar refractivity (Wildman–Crippen MR) is 179 cm³/mol. The maximum absolute atomic E-state index is 13.7. The van der Waals surface area contributed by atoms with Gasteiger partial charge >= 0.3 is 6.09 Å². The van der Waals surface area contributed by atoms with Crippen LogP contribution in [0, 0.1) is 29.6 Å². The molecule has 9 nitrogen and oxygen atoms in total. The first-order valence-electron chi connectivity index (χ1n) is 17.6. The molecule has 4 rings (SSSR count). The molecule has 3 aliphatic rings. The van der Waals surface area contributed by atoms with E-state index in [4.69, 9.17) is 23.7 Å². The quantitative estimate of drug-likeness (QED) is 0.187. The zero-order valence-corrected chi connectivity index (χ0v) is 29.6. The Hall–Kier alpha value is -2.52. The van der Waals surface area contributed by atoms with Crippen molar-refractivity contribution >= 4 is 12.0 Å². The van der Waals surface area contributed by atoms with Crippen LogP contribution in [0.3, 0.4) is 0 Å². The standard InChI is InChI=1S/C37H60N2O7/c1-26(2)29(19-28-9-12-33(43-7)34(20-28)45-16-8-15-42-6)22-30-23-38(36(41)46-37(3,4)5)24-31(30)25-39(32-10-11-32)35(40)21-27-13-17-44-18-14-27/h9,12,20,26-27,29-32H,8,10-11,13-19,21-25H2,1-7H3/t29?,30-,31+/m1/s1. The molecular formula is C37H60N2O7. The Kier molecular flexibility index (Phi) is 13.5. The number of rotatable bonds is 16. The lowest BCUT2D eigenvalue weighted by Crippen LogP contribution is -2.41. The number of amides is 2. The van der Waals surface area contributed by atoms with Gasteiger partial charge in [-0.05, 0) is 107 Å². The molecule has 2 amide bonds. The van der Waals surface area contributed by atoms with Crippen molar-refractivity contribution in [3.8, 4) is 11.5 Å². The van der Waals surface area contributed by atoms with Crippen LogP contribution < -0.4 is 9.47 Å². The average Bonchev–Trinajstić information content (AvgIpc) is 3.77. The molecule has 260 valence electrons. The SMILES string of the molecule is COCCCOc1cc(CC(C[C@@H]2CN(C(=O)OC(C)(C)C)C[C@H]2CN(C(=O)CC2CCOCC2)C2CC2)C(C)C)ccc1OC. The third kappa shape index (κ3) is 11.0. The highest BCUT2D eigenvalue weighted by molar-refractivity contribution is 5.77. The molecule has 1 unspecified atom stereocenters. The van der Waals surface area contributed by atoms with Gasteiger partial charge in [-0.15, -0.1) is 0 Å². The number of nitrogens with zero attached hydrogens (tertiary/aromatic N) is 2. The second-order valence-corrected chi connectivity index (χ2v) is 15.1. The highest BCUT2D eigenvalue weighted by Crippen LogP contribution is 2.38. The van der Waals surface area contributed by atoms with E-state index in [0.29, 0.717) is 63.1 Å². The van der Waals surface area contributed by atoms with Gasteiger partial charge in [-0.25, -0.2) is 4.79 Å². The smallest absolute Gasteiger partial charge is 0.410 e. The summed E-state index contributed by atoms with van der Waals surface area (Å²) in [4.78, 5) is 31.1. The van der Waals surface area contributed by atoms with Crippen molar-refractivity contribution in [2.24, 2.45) is 29.6 Å². The fourth-order valence-electron chi connectivity index (χ4n) is 6.93. The van der Waals surface area contributed by atoms with E-state index < -0.39 is 5.60 Å². The van der Waals surface area contributed by atoms with Crippen molar-refractivity contribution in [2.75, 3.05) is 60.3 Å². The molecule has 2 heterocycles. The van der Waals surface area contributed by atoms with Crippen molar-refractivity contribution < 1.29 is 33.3 Å². The molecule has 0 radical (unpaired) electrons. The summed E-state index contributed by atoms with van der Waals surface area (Å²) in [6.07, 6.45) is 7.13. The zero-order valence-electron chi connectivity index (χ0n) is 29.6. The van der Waals surface area contributed by atoms with Gasteiger partial charge in [-0.1, -0.05) is 19.9 Å². The maximum atomic E-state index is 13.7. The predicted octanol–water partition coefficient (Wildman–Crippen LogP) is 6.61. The zero-order chi connectivity index (χ0) is 33.3. The monoisotopic (exact) mass is 644 g/mol. The van der Waals surface area contributed by atoms with Crippen LogP contribution in [-0.2, 0) is 25.4 Å². The third-order valence-electron chi connectivity index (χ3n) is 9.80. The summed E-state index contributed by atoms with van der Waals surface area (Å²) in [7, 11) is 3.37. The van der Waals surface area contributed by atoms with E-state index in [9.17, 15) is 9.59 Å². The molecule has 3 fully saturated rings. The maximum Gasteiger partial charge on any atom is 0.410 e. The Morgan fingerprint density at radius 3 is 2.35 bits per heavy atom. The lowest BCUT2D eigenvalue weighted by atomic mass is 9.78. The molecule has 1 aromatic carbocycles. The molecule has 0 bridgehead atoms. The van der Waals surface area contributed by atoms with Crippen molar-refractivity contribution in [1.29, 1.82) is 0 Å². The molecule has 3 atom stereocenters. The molecule has 1 saturated carbocycles. The summed E-state index contributed by atoms with van der Waals surface area (Å²) in [5.41, 5.74) is 0.661. The molecule has 0 N–H and O–H groups in total. The normalized spacial score (nSPS) is 21.3.